The number of rotatable bonds is 29. The van der Waals surface area contributed by atoms with Crippen molar-refractivity contribution in [3.05, 3.63) is 0 Å². The quantitative estimate of drug-likeness (QED) is 0.0332. The van der Waals surface area contributed by atoms with Crippen LogP contribution in [0, 0.1) is 34.5 Å². The van der Waals surface area contributed by atoms with E-state index in [0.29, 0.717) is 45.3 Å². The Balaban J connectivity index is 4.83. The maximum Gasteiger partial charge on any atom is 0.307 e. The highest BCUT2D eigenvalue weighted by Gasteiger charge is 2.22. The number of nitrogens with zero attached hydrogens (tertiary/aromatic N) is 1. The summed E-state index contributed by atoms with van der Waals surface area (Å²) in [5, 5.41) is 0. The summed E-state index contributed by atoms with van der Waals surface area (Å²) < 4.78 is 16.8. The summed E-state index contributed by atoms with van der Waals surface area (Å²) in [6, 6.07) is 0. The van der Waals surface area contributed by atoms with E-state index in [-0.39, 0.29) is 36.9 Å². The molecule has 0 aliphatic rings. The Bertz CT molecular complexity index is 957. The van der Waals surface area contributed by atoms with E-state index >= 15 is 0 Å². The molecule has 0 radical (unpaired) electrons. The summed E-state index contributed by atoms with van der Waals surface area (Å²) in [4.78, 5) is 39.5. The monoisotopic (exact) mass is 702 g/mol. The third-order valence-electron chi connectivity index (χ3n) is 8.51. The Labute approximate surface area is 308 Å². The van der Waals surface area contributed by atoms with Crippen molar-refractivity contribution in [1.29, 1.82) is 0 Å². The van der Waals surface area contributed by atoms with Crippen molar-refractivity contribution in [1.82, 2.24) is 4.90 Å². The van der Waals surface area contributed by atoms with Gasteiger partial charge in [0, 0.05) is 30.1 Å². The molecule has 0 aromatic carbocycles. The molecule has 50 heavy (non-hydrogen) atoms. The number of carbonyl (C=O) groups is 3. The molecule has 0 amide bonds. The first-order valence-electron chi connectivity index (χ1n) is 20.0. The highest BCUT2D eigenvalue weighted by molar-refractivity contribution is 5.71. The van der Waals surface area contributed by atoms with Gasteiger partial charge in [-0.1, -0.05) is 103 Å². The predicted octanol–water partition coefficient (Wildman–Crippen LogP) is 10.2. The summed E-state index contributed by atoms with van der Waals surface area (Å²) in [7, 11) is 3.97. The zero-order valence-corrected chi connectivity index (χ0v) is 33.7. The molecule has 0 N–H and O–H groups in total. The van der Waals surface area contributed by atoms with Gasteiger partial charge < -0.3 is 19.1 Å². The van der Waals surface area contributed by atoms with Crippen molar-refractivity contribution in [2.45, 2.75) is 189 Å². The van der Waals surface area contributed by atoms with Gasteiger partial charge in [-0.3, -0.25) is 14.4 Å². The Morgan fingerprint density at radius 3 is 1.38 bits per heavy atom. The first-order valence-corrected chi connectivity index (χ1v) is 20.0. The molecule has 0 aliphatic heterocycles. The minimum absolute atomic E-state index is 0.203. The number of carbonyl (C=O) groups excluding carboxylic acids is 3. The molecule has 0 spiro atoms. The second kappa shape index (κ2) is 30.1. The molecule has 0 aliphatic carbocycles. The van der Waals surface area contributed by atoms with E-state index in [1.54, 1.807) is 0 Å². The standard InChI is InChI=1S/C43H75NO6/c1-9-11-13-15-17-19-25-34-48-40(46)36-42(3,4)31-23-21-28-38(50-39(45)30-27-33-44(7)8)29-22-24-32-43(5,6)37-41(47)49-35-26-20-18-16-14-12-10-2/h38H,9-22,25-30,33-37H2,1-8H3. The van der Waals surface area contributed by atoms with Crippen LogP contribution in [0.2, 0.25) is 0 Å². The van der Waals surface area contributed by atoms with Crippen LogP contribution in [0.1, 0.15) is 183 Å². The van der Waals surface area contributed by atoms with Crippen LogP contribution < -0.4 is 0 Å². The average Bonchev–Trinajstić information content (AvgIpc) is 3.03. The Kier molecular flexibility index (Phi) is 28.6. The number of esters is 3. The zero-order valence-electron chi connectivity index (χ0n) is 33.7. The lowest BCUT2D eigenvalue weighted by atomic mass is 9.90. The summed E-state index contributed by atoms with van der Waals surface area (Å²) in [6.45, 7) is 14.0. The van der Waals surface area contributed by atoms with Crippen LogP contribution in [-0.4, -0.2) is 62.8 Å². The lowest BCUT2D eigenvalue weighted by Gasteiger charge is -2.18. The topological polar surface area (TPSA) is 82.1 Å². The number of ether oxygens (including phenoxy) is 3. The van der Waals surface area contributed by atoms with E-state index in [4.69, 9.17) is 14.2 Å². The first kappa shape index (κ1) is 47.5. The van der Waals surface area contributed by atoms with Crippen molar-refractivity contribution in [2.75, 3.05) is 33.9 Å². The average molecular weight is 702 g/mol. The molecule has 7 nitrogen and oxygen atoms in total. The molecule has 0 rings (SSSR count). The molecule has 0 aromatic rings. The van der Waals surface area contributed by atoms with Gasteiger partial charge in [0.25, 0.3) is 0 Å². The van der Waals surface area contributed by atoms with Crippen LogP contribution in [0.25, 0.3) is 0 Å². The van der Waals surface area contributed by atoms with Crippen LogP contribution in [0.15, 0.2) is 0 Å². The van der Waals surface area contributed by atoms with Gasteiger partial charge >= 0.3 is 17.9 Å². The van der Waals surface area contributed by atoms with Crippen LogP contribution in [-0.2, 0) is 28.6 Å². The largest absolute Gasteiger partial charge is 0.466 e. The van der Waals surface area contributed by atoms with E-state index in [1.807, 2.05) is 41.8 Å². The lowest BCUT2D eigenvalue weighted by molar-refractivity contribution is -0.150. The number of unbranched alkanes of at least 4 members (excludes halogenated alkanes) is 12. The van der Waals surface area contributed by atoms with Crippen LogP contribution >= 0.6 is 0 Å². The summed E-state index contributed by atoms with van der Waals surface area (Å²) in [5.74, 6) is 12.3. The SMILES string of the molecule is CCCCCCCCCOC(=O)CC(C)(C)C#CCCC(CCC#CC(C)(C)CC(=O)OCCCCCCCCC)OC(=O)CCCN(C)C. The molecule has 0 unspecified atom stereocenters. The van der Waals surface area contributed by atoms with Gasteiger partial charge in [0.15, 0.2) is 0 Å². The van der Waals surface area contributed by atoms with Gasteiger partial charge in [0.05, 0.1) is 26.1 Å². The molecule has 0 atom stereocenters. The second-order valence-electron chi connectivity index (χ2n) is 15.5. The van der Waals surface area contributed by atoms with Crippen molar-refractivity contribution < 1.29 is 28.6 Å². The highest BCUT2D eigenvalue weighted by atomic mass is 16.5. The van der Waals surface area contributed by atoms with Gasteiger partial charge in [-0.15, -0.1) is 11.8 Å². The first-order chi connectivity index (χ1) is 23.8. The zero-order chi connectivity index (χ0) is 37.5. The smallest absolute Gasteiger partial charge is 0.307 e. The maximum absolute atomic E-state index is 12.6. The summed E-state index contributed by atoms with van der Waals surface area (Å²) in [6.07, 6.45) is 20.2. The fourth-order valence-corrected chi connectivity index (χ4v) is 5.52. The van der Waals surface area contributed by atoms with Gasteiger partial charge in [0.2, 0.25) is 0 Å². The number of hydrogen-bond donors (Lipinski definition) is 0. The summed E-state index contributed by atoms with van der Waals surface area (Å²) in [5.41, 5.74) is -0.996. The van der Waals surface area contributed by atoms with E-state index in [1.165, 1.54) is 64.2 Å². The maximum atomic E-state index is 12.6. The third-order valence-corrected chi connectivity index (χ3v) is 8.51. The van der Waals surface area contributed by atoms with Crippen molar-refractivity contribution in [3.63, 3.8) is 0 Å². The minimum Gasteiger partial charge on any atom is -0.466 e. The molecule has 0 heterocycles. The number of hydrogen-bond acceptors (Lipinski definition) is 7. The minimum atomic E-state index is -0.498. The predicted molar refractivity (Wildman–Crippen MR) is 206 cm³/mol. The molecule has 7 heteroatoms. The van der Waals surface area contributed by atoms with Gasteiger partial charge in [-0.2, -0.15) is 0 Å². The summed E-state index contributed by atoms with van der Waals surface area (Å²) >= 11 is 0. The van der Waals surface area contributed by atoms with Crippen molar-refractivity contribution in [2.24, 2.45) is 10.8 Å². The van der Waals surface area contributed by atoms with Crippen LogP contribution in [0.5, 0.6) is 0 Å². The van der Waals surface area contributed by atoms with Crippen LogP contribution in [0.4, 0.5) is 0 Å². The van der Waals surface area contributed by atoms with Gasteiger partial charge in [-0.05, 0) is 80.4 Å². The van der Waals surface area contributed by atoms with E-state index in [0.717, 1.165) is 38.6 Å². The molecule has 288 valence electrons. The Morgan fingerprint density at radius 2 is 0.980 bits per heavy atom. The van der Waals surface area contributed by atoms with E-state index < -0.39 is 10.8 Å². The normalized spacial score (nSPS) is 11.5. The van der Waals surface area contributed by atoms with E-state index in [9.17, 15) is 14.4 Å². The Morgan fingerprint density at radius 1 is 0.580 bits per heavy atom. The molecule has 0 saturated heterocycles. The molecule has 0 bridgehead atoms. The van der Waals surface area contributed by atoms with Crippen molar-refractivity contribution >= 4 is 17.9 Å². The second-order valence-corrected chi connectivity index (χ2v) is 15.5. The van der Waals surface area contributed by atoms with E-state index in [2.05, 4.69) is 42.4 Å². The molecule has 0 aromatic heterocycles. The third kappa shape index (κ3) is 31.5. The lowest BCUT2D eigenvalue weighted by Crippen LogP contribution is -2.20. The van der Waals surface area contributed by atoms with Crippen LogP contribution in [0.3, 0.4) is 0 Å². The molecule has 0 saturated carbocycles. The molecular weight excluding hydrogens is 626 g/mol. The molecule has 0 fully saturated rings. The fourth-order valence-electron chi connectivity index (χ4n) is 5.52. The highest BCUT2D eigenvalue weighted by Crippen LogP contribution is 2.22. The van der Waals surface area contributed by atoms with Gasteiger partial charge in [-0.25, -0.2) is 0 Å². The van der Waals surface area contributed by atoms with Crippen molar-refractivity contribution in [3.8, 4) is 23.7 Å². The fraction of sp³-hybridized carbons (Fsp3) is 0.837. The van der Waals surface area contributed by atoms with Gasteiger partial charge in [0.1, 0.15) is 6.10 Å². The molecular formula is C43H75NO6. The Hall–Kier alpha value is -2.51.